The normalized spacial score (nSPS) is 21.0. The van der Waals surface area contributed by atoms with E-state index in [0.717, 1.165) is 4.31 Å². The summed E-state index contributed by atoms with van der Waals surface area (Å²) in [6.07, 6.45) is 0.290. The van der Waals surface area contributed by atoms with Crippen molar-refractivity contribution < 1.29 is 26.4 Å². The van der Waals surface area contributed by atoms with Crippen molar-refractivity contribution in [3.63, 3.8) is 0 Å². The molecule has 9 heteroatoms. The van der Waals surface area contributed by atoms with Gasteiger partial charge in [-0.1, -0.05) is 0 Å². The van der Waals surface area contributed by atoms with Crippen LogP contribution in [-0.2, 0) is 24.6 Å². The van der Waals surface area contributed by atoms with Gasteiger partial charge in [0.2, 0.25) is 10.0 Å². The van der Waals surface area contributed by atoms with E-state index >= 15 is 0 Å². The smallest absolute Gasteiger partial charge is 0.337 e. The number of esters is 1. The van der Waals surface area contributed by atoms with E-state index in [-0.39, 0.29) is 28.4 Å². The maximum Gasteiger partial charge on any atom is 0.337 e. The Bertz CT molecular complexity index is 767. The number of carbonyl (C=O) groups excluding carboxylic acids is 1. The first-order chi connectivity index (χ1) is 10.2. The average Bonchev–Trinajstić information content (AvgIpc) is 2.85. The Morgan fingerprint density at radius 2 is 1.86 bits per heavy atom. The maximum atomic E-state index is 12.5. The fourth-order valence-corrected chi connectivity index (χ4v) is 5.56. The molecule has 0 amide bonds. The van der Waals surface area contributed by atoms with Crippen molar-refractivity contribution in [3.8, 4) is 0 Å². The maximum absolute atomic E-state index is 12.5. The highest BCUT2D eigenvalue weighted by Crippen LogP contribution is 2.23. The highest BCUT2D eigenvalue weighted by molar-refractivity contribution is 7.92. The van der Waals surface area contributed by atoms with Gasteiger partial charge in [0, 0.05) is 13.1 Å². The second-order valence-corrected chi connectivity index (χ2v) is 9.32. The zero-order chi connectivity index (χ0) is 16.5. The predicted molar refractivity (Wildman–Crippen MR) is 79.8 cm³/mol. The monoisotopic (exact) mass is 347 g/mol. The van der Waals surface area contributed by atoms with Crippen molar-refractivity contribution in [3.05, 3.63) is 29.8 Å². The van der Waals surface area contributed by atoms with Crippen LogP contribution in [0.4, 0.5) is 0 Å². The summed E-state index contributed by atoms with van der Waals surface area (Å²) >= 11 is 0. The summed E-state index contributed by atoms with van der Waals surface area (Å²) in [5.74, 6) is -0.721. The van der Waals surface area contributed by atoms with Crippen LogP contribution in [-0.4, -0.2) is 58.8 Å². The fraction of sp³-hybridized carbons (Fsp3) is 0.462. The van der Waals surface area contributed by atoms with Crippen LogP contribution in [0.1, 0.15) is 16.8 Å². The standard InChI is InChI=1S/C13H17NO6S2/c1-14(11-7-8-21(16,17)9-11)22(18,19)12-5-3-10(4-6-12)13(15)20-2/h3-6,11H,7-9H2,1-2H3. The van der Waals surface area contributed by atoms with Crippen molar-refractivity contribution in [2.75, 3.05) is 25.7 Å². The van der Waals surface area contributed by atoms with Gasteiger partial charge in [-0.15, -0.1) is 0 Å². The first-order valence-corrected chi connectivity index (χ1v) is 9.80. The van der Waals surface area contributed by atoms with Crippen molar-refractivity contribution in [1.29, 1.82) is 0 Å². The van der Waals surface area contributed by atoms with E-state index in [1.54, 1.807) is 0 Å². The molecule has 2 rings (SSSR count). The fourth-order valence-electron chi connectivity index (χ4n) is 2.31. The van der Waals surface area contributed by atoms with Gasteiger partial charge in [0.1, 0.15) is 0 Å². The molecule has 0 bridgehead atoms. The molecule has 1 aliphatic rings. The molecule has 1 aliphatic heterocycles. The van der Waals surface area contributed by atoms with E-state index in [1.807, 2.05) is 0 Å². The first kappa shape index (κ1) is 16.9. The lowest BCUT2D eigenvalue weighted by molar-refractivity contribution is 0.0600. The van der Waals surface area contributed by atoms with Crippen LogP contribution in [0.25, 0.3) is 0 Å². The Hall–Kier alpha value is -1.45. The molecule has 1 saturated heterocycles. The summed E-state index contributed by atoms with van der Waals surface area (Å²) in [5, 5.41) is 0. The third-order valence-corrected chi connectivity index (χ3v) is 7.35. The summed E-state index contributed by atoms with van der Waals surface area (Å²) < 4.78 is 53.6. The molecular weight excluding hydrogens is 330 g/mol. The molecule has 0 saturated carbocycles. The van der Waals surface area contributed by atoms with E-state index < -0.39 is 31.9 Å². The molecule has 0 radical (unpaired) electrons. The second kappa shape index (κ2) is 5.98. The lowest BCUT2D eigenvalue weighted by Gasteiger charge is -2.22. The van der Waals surface area contributed by atoms with Crippen molar-refractivity contribution in [2.24, 2.45) is 0 Å². The minimum Gasteiger partial charge on any atom is -0.465 e. The van der Waals surface area contributed by atoms with Crippen LogP contribution < -0.4 is 0 Å². The molecule has 0 spiro atoms. The summed E-state index contributed by atoms with van der Waals surface area (Å²) in [5.41, 5.74) is 0.243. The van der Waals surface area contributed by atoms with Gasteiger partial charge in [-0.2, -0.15) is 4.31 Å². The summed E-state index contributed by atoms with van der Waals surface area (Å²) in [7, 11) is -4.37. The van der Waals surface area contributed by atoms with Crippen LogP contribution in [0.5, 0.6) is 0 Å². The highest BCUT2D eigenvalue weighted by Gasteiger charge is 2.36. The minimum atomic E-state index is -3.81. The molecule has 7 nitrogen and oxygen atoms in total. The van der Waals surface area contributed by atoms with Crippen LogP contribution in [0.3, 0.4) is 0 Å². The molecule has 22 heavy (non-hydrogen) atoms. The number of nitrogens with zero attached hydrogens (tertiary/aromatic N) is 1. The average molecular weight is 347 g/mol. The van der Waals surface area contributed by atoms with Crippen molar-refractivity contribution in [2.45, 2.75) is 17.4 Å². The van der Waals surface area contributed by atoms with Crippen LogP contribution in [0.15, 0.2) is 29.2 Å². The van der Waals surface area contributed by atoms with Gasteiger partial charge in [0.25, 0.3) is 0 Å². The zero-order valence-electron chi connectivity index (χ0n) is 12.2. The van der Waals surface area contributed by atoms with Gasteiger partial charge < -0.3 is 4.74 Å². The lowest BCUT2D eigenvalue weighted by Crippen LogP contribution is -2.37. The quantitative estimate of drug-likeness (QED) is 0.726. The Kier molecular flexibility index (Phi) is 4.59. The number of carbonyl (C=O) groups is 1. The Labute approximate surface area is 129 Å². The molecule has 1 aromatic carbocycles. The highest BCUT2D eigenvalue weighted by atomic mass is 32.2. The van der Waals surface area contributed by atoms with E-state index in [4.69, 9.17) is 0 Å². The number of methoxy groups -OCH3 is 1. The summed E-state index contributed by atoms with van der Waals surface area (Å²) in [6, 6.07) is 4.77. The molecule has 1 unspecified atom stereocenters. The number of benzene rings is 1. The first-order valence-electron chi connectivity index (χ1n) is 6.54. The predicted octanol–water partition coefficient (Wildman–Crippen LogP) is 0.281. The van der Waals surface area contributed by atoms with Crippen molar-refractivity contribution in [1.82, 2.24) is 4.31 Å². The number of hydrogen-bond donors (Lipinski definition) is 0. The summed E-state index contributed by atoms with van der Waals surface area (Å²) in [4.78, 5) is 11.3. The largest absolute Gasteiger partial charge is 0.465 e. The van der Waals surface area contributed by atoms with E-state index in [2.05, 4.69) is 4.74 Å². The molecule has 1 fully saturated rings. The molecule has 0 aliphatic carbocycles. The van der Waals surface area contributed by atoms with Crippen LogP contribution >= 0.6 is 0 Å². The number of hydrogen-bond acceptors (Lipinski definition) is 6. The molecule has 0 aromatic heterocycles. The number of rotatable bonds is 4. The topological polar surface area (TPSA) is 97.8 Å². The minimum absolute atomic E-state index is 0.00119. The van der Waals surface area contributed by atoms with Crippen LogP contribution in [0.2, 0.25) is 0 Å². The van der Waals surface area contributed by atoms with Crippen LogP contribution in [0, 0.1) is 0 Å². The third kappa shape index (κ3) is 3.31. The lowest BCUT2D eigenvalue weighted by atomic mass is 10.2. The third-order valence-electron chi connectivity index (χ3n) is 3.68. The van der Waals surface area contributed by atoms with Gasteiger partial charge >= 0.3 is 5.97 Å². The van der Waals surface area contributed by atoms with Gasteiger partial charge in [0.05, 0.1) is 29.1 Å². The molecular formula is C13H17NO6S2. The SMILES string of the molecule is COC(=O)c1ccc(S(=O)(=O)N(C)C2CCS(=O)(=O)C2)cc1. The van der Waals surface area contributed by atoms with E-state index in [0.29, 0.717) is 0 Å². The second-order valence-electron chi connectivity index (χ2n) is 5.09. The van der Waals surface area contributed by atoms with E-state index in [9.17, 15) is 21.6 Å². The van der Waals surface area contributed by atoms with Gasteiger partial charge in [-0.3, -0.25) is 0 Å². The molecule has 0 N–H and O–H groups in total. The Morgan fingerprint density at radius 1 is 1.27 bits per heavy atom. The molecule has 1 aromatic rings. The molecule has 1 atom stereocenters. The molecule has 122 valence electrons. The zero-order valence-corrected chi connectivity index (χ0v) is 13.9. The molecule has 1 heterocycles. The van der Waals surface area contributed by atoms with Crippen molar-refractivity contribution >= 4 is 25.8 Å². The van der Waals surface area contributed by atoms with Gasteiger partial charge in [-0.25, -0.2) is 21.6 Å². The Morgan fingerprint density at radius 3 is 2.32 bits per heavy atom. The number of sulfonamides is 1. The summed E-state index contributed by atoms with van der Waals surface area (Å²) in [6.45, 7) is 0. The Balaban J connectivity index is 2.25. The number of sulfone groups is 1. The number of ether oxygens (including phenoxy) is 1. The van der Waals surface area contributed by atoms with Gasteiger partial charge in [0.15, 0.2) is 9.84 Å². The van der Waals surface area contributed by atoms with Gasteiger partial charge in [-0.05, 0) is 30.7 Å². The van der Waals surface area contributed by atoms with E-state index in [1.165, 1.54) is 38.4 Å².